The number of rotatable bonds is 2. The van der Waals surface area contributed by atoms with E-state index in [2.05, 4.69) is 19.9 Å². The Bertz CT molecular complexity index is 967. The van der Waals surface area contributed by atoms with Gasteiger partial charge in [0.25, 0.3) is 5.56 Å². The fraction of sp³-hybridized carbons (Fsp3) is 0.0625. The molecule has 4 aromatic rings. The minimum atomic E-state index is -0.172. The van der Waals surface area contributed by atoms with Gasteiger partial charge in [-0.2, -0.15) is 0 Å². The summed E-state index contributed by atoms with van der Waals surface area (Å²) in [6.07, 6.45) is 0.384. The van der Waals surface area contributed by atoms with E-state index in [-0.39, 0.29) is 5.56 Å². The van der Waals surface area contributed by atoms with E-state index in [0.717, 1.165) is 27.9 Å². The first-order valence-corrected chi connectivity index (χ1v) is 6.71. The van der Waals surface area contributed by atoms with Crippen LogP contribution in [0.2, 0.25) is 0 Å². The molecule has 0 fully saturated rings. The standard InChI is InChI=1S/C16H12N4O/c21-16-14(17-10-5-1-4-8-13(10)20-16)9-15-18-11-6-2-3-7-12(11)19-15/h1-8H,9H2,(H,18,19)(H,20,21). The Labute approximate surface area is 119 Å². The molecule has 0 spiro atoms. The zero-order valence-electron chi connectivity index (χ0n) is 11.1. The number of hydrogen-bond acceptors (Lipinski definition) is 3. The van der Waals surface area contributed by atoms with Gasteiger partial charge in [-0.3, -0.25) is 4.79 Å². The largest absolute Gasteiger partial charge is 0.342 e. The second-order valence-electron chi connectivity index (χ2n) is 4.91. The van der Waals surface area contributed by atoms with Crippen molar-refractivity contribution in [3.63, 3.8) is 0 Å². The van der Waals surface area contributed by atoms with Gasteiger partial charge in [0.15, 0.2) is 0 Å². The average molecular weight is 276 g/mol. The van der Waals surface area contributed by atoms with Crippen molar-refractivity contribution < 1.29 is 0 Å². The van der Waals surface area contributed by atoms with Crippen molar-refractivity contribution in [2.24, 2.45) is 0 Å². The lowest BCUT2D eigenvalue weighted by Crippen LogP contribution is -2.15. The number of benzene rings is 2. The van der Waals surface area contributed by atoms with Gasteiger partial charge in [-0.1, -0.05) is 24.3 Å². The first-order valence-electron chi connectivity index (χ1n) is 6.71. The van der Waals surface area contributed by atoms with Crippen LogP contribution >= 0.6 is 0 Å². The minimum Gasteiger partial charge on any atom is -0.342 e. The lowest BCUT2D eigenvalue weighted by Gasteiger charge is -2.00. The maximum atomic E-state index is 12.1. The van der Waals surface area contributed by atoms with E-state index in [1.54, 1.807) is 0 Å². The summed E-state index contributed by atoms with van der Waals surface area (Å²) in [7, 11) is 0. The smallest absolute Gasteiger partial charge is 0.270 e. The number of nitrogens with zero attached hydrogens (tertiary/aromatic N) is 2. The normalized spacial score (nSPS) is 11.2. The SMILES string of the molecule is O=c1[nH]c2ccccc2nc1Cc1nc2ccccc2[nH]1. The fourth-order valence-electron chi connectivity index (χ4n) is 2.44. The highest BCUT2D eigenvalue weighted by atomic mass is 16.1. The first kappa shape index (κ1) is 11.8. The summed E-state index contributed by atoms with van der Waals surface area (Å²) in [4.78, 5) is 27.1. The number of fused-ring (bicyclic) bond motifs is 2. The number of hydrogen-bond donors (Lipinski definition) is 2. The van der Waals surface area contributed by atoms with Gasteiger partial charge in [-0.15, -0.1) is 0 Å². The summed E-state index contributed by atoms with van der Waals surface area (Å²) in [5, 5.41) is 0. The van der Waals surface area contributed by atoms with Crippen LogP contribution in [0.15, 0.2) is 53.3 Å². The van der Waals surface area contributed by atoms with E-state index in [4.69, 9.17) is 0 Å². The van der Waals surface area contributed by atoms with E-state index in [0.29, 0.717) is 12.1 Å². The minimum absolute atomic E-state index is 0.172. The van der Waals surface area contributed by atoms with Crippen molar-refractivity contribution >= 4 is 22.1 Å². The van der Waals surface area contributed by atoms with Gasteiger partial charge in [0.05, 0.1) is 28.5 Å². The van der Waals surface area contributed by atoms with Gasteiger partial charge in [-0.25, -0.2) is 9.97 Å². The van der Waals surface area contributed by atoms with Gasteiger partial charge in [0.1, 0.15) is 11.5 Å². The van der Waals surface area contributed by atoms with Crippen LogP contribution in [0.5, 0.6) is 0 Å². The number of aromatic nitrogens is 4. The second kappa shape index (κ2) is 4.56. The van der Waals surface area contributed by atoms with Gasteiger partial charge < -0.3 is 9.97 Å². The molecule has 2 aromatic carbocycles. The van der Waals surface area contributed by atoms with Gasteiger partial charge >= 0.3 is 0 Å². The highest BCUT2D eigenvalue weighted by Crippen LogP contribution is 2.12. The van der Waals surface area contributed by atoms with Crippen LogP contribution in [-0.2, 0) is 6.42 Å². The van der Waals surface area contributed by atoms with Gasteiger partial charge in [0.2, 0.25) is 0 Å². The first-order chi connectivity index (χ1) is 10.3. The van der Waals surface area contributed by atoms with Crippen LogP contribution in [-0.4, -0.2) is 19.9 Å². The van der Waals surface area contributed by atoms with Crippen LogP contribution in [0.25, 0.3) is 22.1 Å². The molecule has 0 aliphatic carbocycles. The molecular formula is C16H12N4O. The molecule has 5 heteroatoms. The van der Waals surface area contributed by atoms with Crippen molar-refractivity contribution in [2.45, 2.75) is 6.42 Å². The van der Waals surface area contributed by atoms with Gasteiger partial charge in [0, 0.05) is 0 Å². The van der Waals surface area contributed by atoms with E-state index in [1.807, 2.05) is 48.5 Å². The molecule has 2 heterocycles. The van der Waals surface area contributed by atoms with Crippen molar-refractivity contribution in [3.05, 3.63) is 70.4 Å². The molecule has 102 valence electrons. The third kappa shape index (κ3) is 2.08. The zero-order chi connectivity index (χ0) is 14.2. The summed E-state index contributed by atoms with van der Waals surface area (Å²) in [5.74, 6) is 0.740. The van der Waals surface area contributed by atoms with Crippen molar-refractivity contribution in [1.29, 1.82) is 0 Å². The summed E-state index contributed by atoms with van der Waals surface area (Å²) < 4.78 is 0. The summed E-state index contributed by atoms with van der Waals surface area (Å²) >= 11 is 0. The van der Waals surface area contributed by atoms with Crippen LogP contribution in [0.1, 0.15) is 11.5 Å². The summed E-state index contributed by atoms with van der Waals surface area (Å²) in [6.45, 7) is 0. The molecular weight excluding hydrogens is 264 g/mol. The molecule has 0 unspecified atom stereocenters. The molecule has 0 atom stereocenters. The molecule has 0 radical (unpaired) electrons. The molecule has 2 N–H and O–H groups in total. The van der Waals surface area contributed by atoms with Crippen LogP contribution in [0, 0.1) is 0 Å². The third-order valence-electron chi connectivity index (χ3n) is 3.44. The lowest BCUT2D eigenvalue weighted by atomic mass is 10.2. The quantitative estimate of drug-likeness (QED) is 0.590. The Hall–Kier alpha value is -2.95. The molecule has 0 saturated carbocycles. The predicted molar refractivity (Wildman–Crippen MR) is 81.3 cm³/mol. The molecule has 21 heavy (non-hydrogen) atoms. The number of nitrogens with one attached hydrogen (secondary N) is 2. The molecule has 0 saturated heterocycles. The Morgan fingerprint density at radius 1 is 0.810 bits per heavy atom. The number of para-hydroxylation sites is 4. The Balaban J connectivity index is 1.79. The fourth-order valence-corrected chi connectivity index (χ4v) is 2.44. The number of aromatic amines is 2. The maximum absolute atomic E-state index is 12.1. The van der Waals surface area contributed by atoms with E-state index < -0.39 is 0 Å². The third-order valence-corrected chi connectivity index (χ3v) is 3.44. The van der Waals surface area contributed by atoms with E-state index in [9.17, 15) is 4.79 Å². The van der Waals surface area contributed by atoms with E-state index in [1.165, 1.54) is 0 Å². The van der Waals surface area contributed by atoms with E-state index >= 15 is 0 Å². The predicted octanol–water partition coefficient (Wildman–Crippen LogP) is 2.39. The monoisotopic (exact) mass is 276 g/mol. The van der Waals surface area contributed by atoms with Crippen LogP contribution < -0.4 is 5.56 Å². The molecule has 2 aromatic heterocycles. The molecule has 0 aliphatic rings. The van der Waals surface area contributed by atoms with Crippen molar-refractivity contribution in [3.8, 4) is 0 Å². The highest BCUT2D eigenvalue weighted by Gasteiger charge is 2.09. The number of imidazole rings is 1. The Morgan fingerprint density at radius 2 is 1.43 bits per heavy atom. The molecule has 5 nitrogen and oxygen atoms in total. The lowest BCUT2D eigenvalue weighted by molar-refractivity contribution is 0.961. The van der Waals surface area contributed by atoms with Crippen molar-refractivity contribution in [2.75, 3.05) is 0 Å². The zero-order valence-corrected chi connectivity index (χ0v) is 11.1. The molecule has 0 amide bonds. The maximum Gasteiger partial charge on any atom is 0.270 e. The Kier molecular flexibility index (Phi) is 2.57. The molecule has 0 bridgehead atoms. The summed E-state index contributed by atoms with van der Waals surface area (Å²) in [5.41, 5.74) is 3.68. The second-order valence-corrected chi connectivity index (χ2v) is 4.91. The molecule has 4 rings (SSSR count). The van der Waals surface area contributed by atoms with Crippen LogP contribution in [0.4, 0.5) is 0 Å². The topological polar surface area (TPSA) is 74.4 Å². The number of H-pyrrole nitrogens is 2. The van der Waals surface area contributed by atoms with Gasteiger partial charge in [-0.05, 0) is 24.3 Å². The summed E-state index contributed by atoms with van der Waals surface area (Å²) in [6, 6.07) is 15.3. The van der Waals surface area contributed by atoms with Crippen LogP contribution in [0.3, 0.4) is 0 Å². The average Bonchev–Trinajstić information content (AvgIpc) is 2.90. The Morgan fingerprint density at radius 3 is 2.14 bits per heavy atom. The highest BCUT2D eigenvalue weighted by molar-refractivity contribution is 5.75. The molecule has 0 aliphatic heterocycles. The van der Waals surface area contributed by atoms with Crippen molar-refractivity contribution in [1.82, 2.24) is 19.9 Å².